The number of rotatable bonds is 5. The van der Waals surface area contributed by atoms with Gasteiger partial charge in [-0.2, -0.15) is 11.3 Å². The van der Waals surface area contributed by atoms with Gasteiger partial charge < -0.3 is 10.2 Å². The molecule has 5 heteroatoms. The van der Waals surface area contributed by atoms with Gasteiger partial charge in [0.15, 0.2) is 0 Å². The average Bonchev–Trinajstić information content (AvgIpc) is 2.91. The first-order chi connectivity index (χ1) is 9.20. The van der Waals surface area contributed by atoms with Crippen molar-refractivity contribution in [1.82, 2.24) is 9.88 Å². The zero-order valence-electron chi connectivity index (χ0n) is 11.1. The molecule has 0 fully saturated rings. The first-order valence-electron chi connectivity index (χ1n) is 6.17. The summed E-state index contributed by atoms with van der Waals surface area (Å²) in [6.07, 6.45) is 1.66. The van der Waals surface area contributed by atoms with Crippen LogP contribution in [-0.2, 0) is 6.54 Å². The number of carbonyl (C=O) groups is 1. The molecule has 1 amide bonds. The van der Waals surface area contributed by atoms with Crippen LogP contribution in [0.2, 0.25) is 0 Å². The number of thiophene rings is 1. The number of amides is 1. The van der Waals surface area contributed by atoms with E-state index >= 15 is 0 Å². The number of nitrogens with one attached hydrogen (secondary N) is 1. The molecular formula is C14H17N3OS. The van der Waals surface area contributed by atoms with Gasteiger partial charge in [-0.3, -0.25) is 4.79 Å². The number of pyridine rings is 1. The minimum Gasteiger partial charge on any atom is -0.370 e. The second-order valence-corrected chi connectivity index (χ2v) is 5.03. The Bertz CT molecular complexity index is 539. The molecule has 2 aromatic rings. The Morgan fingerprint density at radius 2 is 2.32 bits per heavy atom. The fraction of sp³-hybridized carbons (Fsp3) is 0.286. The average molecular weight is 275 g/mol. The molecule has 2 aromatic heterocycles. The summed E-state index contributed by atoms with van der Waals surface area (Å²) in [5.41, 5.74) is 1.81. The molecule has 0 aliphatic carbocycles. The second-order valence-electron chi connectivity index (χ2n) is 4.25. The smallest absolute Gasteiger partial charge is 0.254 e. The number of carbonyl (C=O) groups excluding carboxylic acids is 1. The molecule has 0 aromatic carbocycles. The van der Waals surface area contributed by atoms with Crippen molar-refractivity contribution >= 4 is 23.1 Å². The van der Waals surface area contributed by atoms with Crippen LogP contribution >= 0.6 is 11.3 Å². The minimum atomic E-state index is 0.00718. The molecule has 1 N–H and O–H groups in total. The highest BCUT2D eigenvalue weighted by atomic mass is 32.1. The van der Waals surface area contributed by atoms with Gasteiger partial charge in [-0.1, -0.05) is 0 Å². The van der Waals surface area contributed by atoms with Gasteiger partial charge in [0.05, 0.1) is 0 Å². The normalized spacial score (nSPS) is 10.2. The standard InChI is InChI=1S/C14H17N3OS/c1-3-15-13-8-12(4-6-16-13)14(18)17(2)9-11-5-7-19-10-11/h4-8,10H,3,9H2,1-2H3,(H,15,16). The first-order valence-corrected chi connectivity index (χ1v) is 7.11. The van der Waals surface area contributed by atoms with E-state index in [9.17, 15) is 4.79 Å². The van der Waals surface area contributed by atoms with Crippen molar-refractivity contribution in [2.24, 2.45) is 0 Å². The number of hydrogen-bond donors (Lipinski definition) is 1. The molecular weight excluding hydrogens is 258 g/mol. The summed E-state index contributed by atoms with van der Waals surface area (Å²) in [6, 6.07) is 5.56. The van der Waals surface area contributed by atoms with Gasteiger partial charge in [0.2, 0.25) is 0 Å². The monoisotopic (exact) mass is 275 g/mol. The number of anilines is 1. The molecule has 0 unspecified atom stereocenters. The van der Waals surface area contributed by atoms with Crippen molar-refractivity contribution < 1.29 is 4.79 Å². The van der Waals surface area contributed by atoms with Gasteiger partial charge in [0, 0.05) is 31.9 Å². The molecule has 0 bridgehead atoms. The topological polar surface area (TPSA) is 45.2 Å². The lowest BCUT2D eigenvalue weighted by atomic mass is 10.2. The Morgan fingerprint density at radius 3 is 3.00 bits per heavy atom. The number of nitrogens with zero attached hydrogens (tertiary/aromatic N) is 2. The van der Waals surface area contributed by atoms with Crippen LogP contribution < -0.4 is 5.32 Å². The van der Waals surface area contributed by atoms with E-state index < -0.39 is 0 Å². The van der Waals surface area contributed by atoms with Crippen molar-refractivity contribution in [3.63, 3.8) is 0 Å². The van der Waals surface area contributed by atoms with Gasteiger partial charge >= 0.3 is 0 Å². The van der Waals surface area contributed by atoms with Crippen LogP contribution in [0.3, 0.4) is 0 Å². The van der Waals surface area contributed by atoms with E-state index in [1.165, 1.54) is 0 Å². The van der Waals surface area contributed by atoms with Gasteiger partial charge in [-0.15, -0.1) is 0 Å². The summed E-state index contributed by atoms with van der Waals surface area (Å²) in [5, 5.41) is 7.18. The van der Waals surface area contributed by atoms with Crippen molar-refractivity contribution in [3.8, 4) is 0 Å². The van der Waals surface area contributed by atoms with E-state index in [1.54, 1.807) is 34.6 Å². The fourth-order valence-electron chi connectivity index (χ4n) is 1.79. The van der Waals surface area contributed by atoms with E-state index in [4.69, 9.17) is 0 Å². The number of hydrogen-bond acceptors (Lipinski definition) is 4. The zero-order chi connectivity index (χ0) is 13.7. The Hall–Kier alpha value is -1.88. The lowest BCUT2D eigenvalue weighted by molar-refractivity contribution is 0.0785. The molecule has 0 saturated heterocycles. The Morgan fingerprint density at radius 1 is 1.47 bits per heavy atom. The third kappa shape index (κ3) is 3.54. The van der Waals surface area contributed by atoms with Gasteiger partial charge in [-0.25, -0.2) is 4.98 Å². The van der Waals surface area contributed by atoms with Crippen LogP contribution in [0.25, 0.3) is 0 Å². The summed E-state index contributed by atoms with van der Waals surface area (Å²) in [4.78, 5) is 18.2. The SMILES string of the molecule is CCNc1cc(C(=O)N(C)Cc2ccsc2)ccn1. The van der Waals surface area contributed by atoms with E-state index in [-0.39, 0.29) is 5.91 Å². The van der Waals surface area contributed by atoms with E-state index in [0.717, 1.165) is 17.9 Å². The van der Waals surface area contributed by atoms with Crippen molar-refractivity contribution in [3.05, 3.63) is 46.3 Å². The fourth-order valence-corrected chi connectivity index (χ4v) is 2.45. The van der Waals surface area contributed by atoms with Gasteiger partial charge in [0.1, 0.15) is 5.82 Å². The molecule has 0 atom stereocenters. The largest absolute Gasteiger partial charge is 0.370 e. The summed E-state index contributed by atoms with van der Waals surface area (Å²) in [6.45, 7) is 3.41. The summed E-state index contributed by atoms with van der Waals surface area (Å²) < 4.78 is 0. The van der Waals surface area contributed by atoms with Gasteiger partial charge in [-0.05, 0) is 41.4 Å². The maximum Gasteiger partial charge on any atom is 0.254 e. The molecule has 2 heterocycles. The van der Waals surface area contributed by atoms with Crippen LogP contribution in [0.1, 0.15) is 22.8 Å². The lowest BCUT2D eigenvalue weighted by Gasteiger charge is -2.16. The van der Waals surface area contributed by atoms with Gasteiger partial charge in [0.25, 0.3) is 5.91 Å². The molecule has 100 valence electrons. The maximum absolute atomic E-state index is 12.3. The third-order valence-electron chi connectivity index (χ3n) is 2.71. The highest BCUT2D eigenvalue weighted by Gasteiger charge is 2.12. The van der Waals surface area contributed by atoms with E-state index in [2.05, 4.69) is 15.7 Å². The molecule has 2 rings (SSSR count). The predicted octanol–water partition coefficient (Wildman–Crippen LogP) is 2.85. The molecule has 0 spiro atoms. The zero-order valence-corrected chi connectivity index (χ0v) is 11.9. The predicted molar refractivity (Wildman–Crippen MR) is 78.5 cm³/mol. The van der Waals surface area contributed by atoms with Crippen molar-refractivity contribution in [2.75, 3.05) is 18.9 Å². The second kappa shape index (κ2) is 6.33. The van der Waals surface area contributed by atoms with Crippen molar-refractivity contribution in [2.45, 2.75) is 13.5 Å². The quantitative estimate of drug-likeness (QED) is 0.912. The van der Waals surface area contributed by atoms with Crippen LogP contribution in [-0.4, -0.2) is 29.4 Å². The highest BCUT2D eigenvalue weighted by Crippen LogP contribution is 2.13. The molecule has 4 nitrogen and oxygen atoms in total. The number of aromatic nitrogens is 1. The molecule has 0 aliphatic heterocycles. The molecule has 0 saturated carbocycles. The highest BCUT2D eigenvalue weighted by molar-refractivity contribution is 7.07. The third-order valence-corrected chi connectivity index (χ3v) is 3.44. The molecule has 0 radical (unpaired) electrons. The molecule has 19 heavy (non-hydrogen) atoms. The summed E-state index contributed by atoms with van der Waals surface area (Å²) in [5.74, 6) is 0.741. The Labute approximate surface area is 117 Å². The maximum atomic E-state index is 12.3. The Balaban J connectivity index is 2.08. The van der Waals surface area contributed by atoms with Crippen LogP contribution in [0.5, 0.6) is 0 Å². The van der Waals surface area contributed by atoms with E-state index in [0.29, 0.717) is 12.1 Å². The summed E-state index contributed by atoms with van der Waals surface area (Å²) >= 11 is 1.64. The van der Waals surface area contributed by atoms with Crippen molar-refractivity contribution in [1.29, 1.82) is 0 Å². The summed E-state index contributed by atoms with van der Waals surface area (Å²) in [7, 11) is 1.81. The lowest BCUT2D eigenvalue weighted by Crippen LogP contribution is -2.26. The Kier molecular flexibility index (Phi) is 4.52. The van der Waals surface area contributed by atoms with E-state index in [1.807, 2.05) is 25.4 Å². The van der Waals surface area contributed by atoms with Crippen LogP contribution in [0.4, 0.5) is 5.82 Å². The first kappa shape index (κ1) is 13.5. The van der Waals surface area contributed by atoms with Crippen LogP contribution in [0, 0.1) is 0 Å². The van der Waals surface area contributed by atoms with Crippen LogP contribution in [0.15, 0.2) is 35.2 Å². The minimum absolute atomic E-state index is 0.00718. The molecule has 0 aliphatic rings.